The van der Waals surface area contributed by atoms with Gasteiger partial charge in [0, 0.05) is 20.1 Å². The third-order valence-corrected chi connectivity index (χ3v) is 3.00. The molecule has 104 valence electrons. The number of hydrogen-bond donors (Lipinski definition) is 2. The van der Waals surface area contributed by atoms with Gasteiger partial charge in [-0.3, -0.25) is 4.79 Å². The summed E-state index contributed by atoms with van der Waals surface area (Å²) >= 11 is 0. The van der Waals surface area contributed by atoms with Crippen molar-refractivity contribution in [1.82, 2.24) is 5.32 Å². The number of methoxy groups -OCH3 is 1. The van der Waals surface area contributed by atoms with Crippen LogP contribution in [0, 0.1) is 0 Å². The van der Waals surface area contributed by atoms with Crippen LogP contribution in [0.3, 0.4) is 0 Å². The van der Waals surface area contributed by atoms with Crippen molar-refractivity contribution in [3.05, 3.63) is 0 Å². The molecule has 1 amide bonds. The van der Waals surface area contributed by atoms with Gasteiger partial charge in [-0.05, 0) is 12.8 Å². The lowest BCUT2D eigenvalue weighted by Gasteiger charge is -2.15. The predicted octanol–water partition coefficient (Wildman–Crippen LogP) is 0.551. The van der Waals surface area contributed by atoms with Crippen molar-refractivity contribution < 1.29 is 24.2 Å². The third-order valence-electron chi connectivity index (χ3n) is 3.00. The fourth-order valence-corrected chi connectivity index (χ4v) is 1.98. The van der Waals surface area contributed by atoms with E-state index in [2.05, 4.69) is 5.32 Å². The maximum absolute atomic E-state index is 11.5. The normalized spacial score (nSPS) is 17.6. The van der Waals surface area contributed by atoms with Gasteiger partial charge in [-0.2, -0.15) is 0 Å². The van der Waals surface area contributed by atoms with Gasteiger partial charge in [0.15, 0.2) is 0 Å². The van der Waals surface area contributed by atoms with Crippen LogP contribution in [0.4, 0.5) is 0 Å². The van der Waals surface area contributed by atoms with Crippen LogP contribution in [-0.2, 0) is 19.1 Å². The summed E-state index contributed by atoms with van der Waals surface area (Å²) in [5.74, 6) is -1.44. The third kappa shape index (κ3) is 5.46. The zero-order chi connectivity index (χ0) is 13.4. The molecule has 0 bridgehead atoms. The van der Waals surface area contributed by atoms with Crippen molar-refractivity contribution in [3.8, 4) is 0 Å². The Labute approximate surface area is 107 Å². The SMILES string of the molecule is COCCC(NC(=O)COC1CCCC1)C(=O)O. The summed E-state index contributed by atoms with van der Waals surface area (Å²) in [5.41, 5.74) is 0. The molecule has 1 rings (SSSR count). The van der Waals surface area contributed by atoms with Gasteiger partial charge in [-0.1, -0.05) is 12.8 Å². The molecule has 1 unspecified atom stereocenters. The van der Waals surface area contributed by atoms with E-state index in [1.165, 1.54) is 7.11 Å². The molecule has 0 aromatic rings. The number of carboxylic acids is 1. The van der Waals surface area contributed by atoms with Crippen LogP contribution >= 0.6 is 0 Å². The van der Waals surface area contributed by atoms with E-state index in [0.717, 1.165) is 25.7 Å². The van der Waals surface area contributed by atoms with Crippen molar-refractivity contribution in [2.75, 3.05) is 20.3 Å². The van der Waals surface area contributed by atoms with Gasteiger partial charge in [0.1, 0.15) is 12.6 Å². The van der Waals surface area contributed by atoms with E-state index in [4.69, 9.17) is 14.6 Å². The van der Waals surface area contributed by atoms with Crippen LogP contribution in [0.15, 0.2) is 0 Å². The van der Waals surface area contributed by atoms with Crippen molar-refractivity contribution in [2.24, 2.45) is 0 Å². The zero-order valence-corrected chi connectivity index (χ0v) is 10.7. The summed E-state index contributed by atoms with van der Waals surface area (Å²) in [6, 6.07) is -0.912. The zero-order valence-electron chi connectivity index (χ0n) is 10.7. The number of rotatable bonds is 8. The van der Waals surface area contributed by atoms with Crippen molar-refractivity contribution >= 4 is 11.9 Å². The first-order valence-electron chi connectivity index (χ1n) is 6.26. The molecule has 1 aliphatic carbocycles. The number of aliphatic carboxylic acids is 1. The summed E-state index contributed by atoms with van der Waals surface area (Å²) < 4.78 is 10.2. The molecule has 0 radical (unpaired) electrons. The first kappa shape index (κ1) is 14.9. The van der Waals surface area contributed by atoms with Crippen molar-refractivity contribution in [1.29, 1.82) is 0 Å². The van der Waals surface area contributed by atoms with Crippen LogP contribution in [0.1, 0.15) is 32.1 Å². The first-order chi connectivity index (χ1) is 8.63. The number of carboxylic acid groups (broad SMARTS) is 1. The minimum Gasteiger partial charge on any atom is -0.480 e. The van der Waals surface area contributed by atoms with E-state index in [-0.39, 0.29) is 25.0 Å². The average Bonchev–Trinajstić information content (AvgIpc) is 2.84. The standard InChI is InChI=1S/C12H21NO5/c1-17-7-6-10(12(15)16)13-11(14)8-18-9-4-2-3-5-9/h9-10H,2-8H2,1H3,(H,13,14)(H,15,16). The number of hydrogen-bond acceptors (Lipinski definition) is 4. The highest BCUT2D eigenvalue weighted by atomic mass is 16.5. The maximum atomic E-state index is 11.5. The molecule has 0 spiro atoms. The summed E-state index contributed by atoms with van der Waals surface area (Å²) in [6.45, 7) is 0.224. The highest BCUT2D eigenvalue weighted by molar-refractivity contribution is 5.84. The van der Waals surface area contributed by atoms with Crippen LogP contribution in [0.25, 0.3) is 0 Å². The lowest BCUT2D eigenvalue weighted by molar-refractivity contribution is -0.143. The second kappa shape index (κ2) is 8.05. The fourth-order valence-electron chi connectivity index (χ4n) is 1.98. The highest BCUT2D eigenvalue weighted by Gasteiger charge is 2.21. The van der Waals surface area contributed by atoms with E-state index in [1.54, 1.807) is 0 Å². The highest BCUT2D eigenvalue weighted by Crippen LogP contribution is 2.20. The Morgan fingerprint density at radius 2 is 2.06 bits per heavy atom. The summed E-state index contributed by atoms with van der Waals surface area (Å²) in [6.07, 6.45) is 4.65. The van der Waals surface area contributed by atoms with Gasteiger partial charge in [0.2, 0.25) is 5.91 Å². The predicted molar refractivity (Wildman–Crippen MR) is 64.3 cm³/mol. The molecule has 0 aromatic carbocycles. The fraction of sp³-hybridized carbons (Fsp3) is 0.833. The number of carbonyl (C=O) groups is 2. The maximum Gasteiger partial charge on any atom is 0.326 e. The summed E-state index contributed by atoms with van der Waals surface area (Å²) in [7, 11) is 1.49. The van der Waals surface area contributed by atoms with Gasteiger partial charge in [0.05, 0.1) is 6.10 Å². The van der Waals surface area contributed by atoms with E-state index in [1.807, 2.05) is 0 Å². The van der Waals surface area contributed by atoms with E-state index < -0.39 is 12.0 Å². The van der Waals surface area contributed by atoms with E-state index in [9.17, 15) is 9.59 Å². The van der Waals surface area contributed by atoms with Gasteiger partial charge in [-0.25, -0.2) is 4.79 Å². The summed E-state index contributed by atoms with van der Waals surface area (Å²) in [4.78, 5) is 22.4. The van der Waals surface area contributed by atoms with Crippen LogP contribution in [0.5, 0.6) is 0 Å². The number of nitrogens with one attached hydrogen (secondary N) is 1. The van der Waals surface area contributed by atoms with Crippen molar-refractivity contribution in [2.45, 2.75) is 44.2 Å². The molecule has 1 aliphatic rings. The minimum atomic E-state index is -1.05. The number of ether oxygens (including phenoxy) is 2. The second-order valence-corrected chi connectivity index (χ2v) is 4.46. The molecule has 1 saturated carbocycles. The molecule has 6 heteroatoms. The number of carbonyl (C=O) groups excluding carboxylic acids is 1. The van der Waals surface area contributed by atoms with Crippen LogP contribution in [-0.4, -0.2) is 49.5 Å². The summed E-state index contributed by atoms with van der Waals surface area (Å²) in [5, 5.41) is 11.3. The Bertz CT molecular complexity index is 276. The topological polar surface area (TPSA) is 84.9 Å². The molecule has 1 atom stereocenters. The quantitative estimate of drug-likeness (QED) is 0.665. The molecule has 0 aliphatic heterocycles. The van der Waals surface area contributed by atoms with Crippen LogP contribution in [0.2, 0.25) is 0 Å². The molecule has 6 nitrogen and oxygen atoms in total. The Hall–Kier alpha value is -1.14. The minimum absolute atomic E-state index is 0.0680. The molecule has 1 fully saturated rings. The van der Waals surface area contributed by atoms with Gasteiger partial charge in [0.25, 0.3) is 0 Å². The first-order valence-corrected chi connectivity index (χ1v) is 6.26. The van der Waals surface area contributed by atoms with E-state index >= 15 is 0 Å². The van der Waals surface area contributed by atoms with Gasteiger partial charge in [-0.15, -0.1) is 0 Å². The number of amides is 1. The molecule has 0 aromatic heterocycles. The second-order valence-electron chi connectivity index (χ2n) is 4.46. The largest absolute Gasteiger partial charge is 0.480 e. The Kier molecular flexibility index (Phi) is 6.67. The Balaban J connectivity index is 2.24. The molecular weight excluding hydrogens is 238 g/mol. The smallest absolute Gasteiger partial charge is 0.326 e. The molecular formula is C12H21NO5. The Morgan fingerprint density at radius 3 is 2.61 bits per heavy atom. The van der Waals surface area contributed by atoms with Gasteiger partial charge < -0.3 is 19.9 Å². The Morgan fingerprint density at radius 1 is 1.39 bits per heavy atom. The van der Waals surface area contributed by atoms with Crippen LogP contribution < -0.4 is 5.32 Å². The van der Waals surface area contributed by atoms with E-state index in [0.29, 0.717) is 6.61 Å². The van der Waals surface area contributed by atoms with Gasteiger partial charge >= 0.3 is 5.97 Å². The molecule has 2 N–H and O–H groups in total. The average molecular weight is 259 g/mol. The molecule has 18 heavy (non-hydrogen) atoms. The molecule has 0 heterocycles. The molecule has 0 saturated heterocycles. The van der Waals surface area contributed by atoms with Crippen molar-refractivity contribution in [3.63, 3.8) is 0 Å². The lowest BCUT2D eigenvalue weighted by atomic mass is 10.2. The lowest BCUT2D eigenvalue weighted by Crippen LogP contribution is -2.43. The monoisotopic (exact) mass is 259 g/mol.